The van der Waals surface area contributed by atoms with Crippen molar-refractivity contribution in [2.24, 2.45) is 11.8 Å². The van der Waals surface area contributed by atoms with Crippen molar-refractivity contribution in [2.45, 2.75) is 31.7 Å². The van der Waals surface area contributed by atoms with Gasteiger partial charge in [-0.05, 0) is 66.8 Å². The highest BCUT2D eigenvalue weighted by Gasteiger charge is 2.32. The number of hydrogen-bond donors (Lipinski definition) is 0. The summed E-state index contributed by atoms with van der Waals surface area (Å²) in [6.07, 6.45) is 2.72. The number of piperidine rings is 1. The largest absolute Gasteiger partial charge is 0.278 e. The van der Waals surface area contributed by atoms with Gasteiger partial charge in [0.15, 0.2) is 5.13 Å². The van der Waals surface area contributed by atoms with E-state index in [9.17, 15) is 13.2 Å². The first-order chi connectivity index (χ1) is 17.3. The molecule has 0 spiro atoms. The van der Waals surface area contributed by atoms with Gasteiger partial charge >= 0.3 is 0 Å². The number of aromatic nitrogens is 2. The molecular weight excluding hydrogens is 492 g/mol. The first kappa shape index (κ1) is 24.5. The third kappa shape index (κ3) is 5.04. The van der Waals surface area contributed by atoms with Crippen LogP contribution in [-0.2, 0) is 16.6 Å². The first-order valence-electron chi connectivity index (χ1n) is 12.0. The van der Waals surface area contributed by atoms with Gasteiger partial charge < -0.3 is 0 Å². The van der Waals surface area contributed by atoms with E-state index in [2.05, 4.69) is 23.8 Å². The van der Waals surface area contributed by atoms with Crippen molar-refractivity contribution in [3.63, 3.8) is 0 Å². The molecule has 0 saturated carbocycles. The Labute approximate surface area is 215 Å². The number of amides is 1. The van der Waals surface area contributed by atoms with E-state index < -0.39 is 10.0 Å². The van der Waals surface area contributed by atoms with Crippen molar-refractivity contribution in [1.82, 2.24) is 14.3 Å². The number of hydrogen-bond acceptors (Lipinski definition) is 6. The molecule has 0 N–H and O–H groups in total. The molecule has 2 aromatic heterocycles. The van der Waals surface area contributed by atoms with Crippen molar-refractivity contribution in [1.29, 1.82) is 0 Å². The van der Waals surface area contributed by atoms with Crippen LogP contribution in [0.5, 0.6) is 0 Å². The summed E-state index contributed by atoms with van der Waals surface area (Å²) in [5.41, 5.74) is 1.95. The van der Waals surface area contributed by atoms with E-state index in [0.29, 0.717) is 35.6 Å². The summed E-state index contributed by atoms with van der Waals surface area (Å²) in [5.74, 6) is 0.376. The predicted octanol–water partition coefficient (Wildman–Crippen LogP) is 5.20. The zero-order chi connectivity index (χ0) is 25.3. The fourth-order valence-electron chi connectivity index (χ4n) is 4.73. The van der Waals surface area contributed by atoms with Gasteiger partial charge in [-0.3, -0.25) is 14.7 Å². The van der Waals surface area contributed by atoms with Gasteiger partial charge in [-0.2, -0.15) is 4.31 Å². The maximum Gasteiger partial charge on any atom is 0.260 e. The van der Waals surface area contributed by atoms with Gasteiger partial charge in [-0.25, -0.2) is 13.4 Å². The molecule has 0 aliphatic carbocycles. The molecule has 2 aromatic carbocycles. The minimum absolute atomic E-state index is 0.205. The number of benzene rings is 2. The fourth-order valence-corrected chi connectivity index (χ4v) is 7.37. The lowest BCUT2D eigenvalue weighted by molar-refractivity contribution is 0.0984. The second kappa shape index (κ2) is 10.1. The summed E-state index contributed by atoms with van der Waals surface area (Å²) < 4.78 is 29.1. The van der Waals surface area contributed by atoms with Gasteiger partial charge in [-0.15, -0.1) is 0 Å². The SMILES string of the molecule is CC1CC(C)CN(S(=O)(=O)c2ccc(C(=O)N(Cc3ccccn3)c3nc4ccccc4s3)cc2)C1. The monoisotopic (exact) mass is 520 g/mol. The topological polar surface area (TPSA) is 83.5 Å². The van der Waals surface area contributed by atoms with Crippen molar-refractivity contribution in [3.8, 4) is 0 Å². The summed E-state index contributed by atoms with van der Waals surface area (Å²) in [6, 6.07) is 19.6. The lowest BCUT2D eigenvalue weighted by atomic mass is 9.94. The molecule has 0 bridgehead atoms. The molecule has 1 saturated heterocycles. The van der Waals surface area contributed by atoms with Crippen LogP contribution in [0.4, 0.5) is 5.13 Å². The lowest BCUT2D eigenvalue weighted by Gasteiger charge is -2.34. The normalized spacial score (nSPS) is 18.8. The van der Waals surface area contributed by atoms with Crippen LogP contribution in [0.2, 0.25) is 0 Å². The summed E-state index contributed by atoms with van der Waals surface area (Å²) in [5, 5.41) is 0.569. The van der Waals surface area contributed by atoms with Crippen LogP contribution in [0.3, 0.4) is 0 Å². The summed E-state index contributed by atoms with van der Waals surface area (Å²) in [4.78, 5) is 24.6. The predicted molar refractivity (Wildman–Crippen MR) is 143 cm³/mol. The Morgan fingerprint density at radius 2 is 1.69 bits per heavy atom. The maximum atomic E-state index is 13.7. The summed E-state index contributed by atoms with van der Waals surface area (Å²) in [6.45, 7) is 5.45. The highest BCUT2D eigenvalue weighted by molar-refractivity contribution is 7.89. The number of sulfonamides is 1. The third-order valence-electron chi connectivity index (χ3n) is 6.38. The number of carbonyl (C=O) groups excluding carboxylic acids is 1. The number of para-hydroxylation sites is 1. The average Bonchev–Trinajstić information content (AvgIpc) is 3.31. The standard InChI is InChI=1S/C27H28N4O3S2/c1-19-15-20(2)17-30(16-19)36(33,34)23-12-10-21(11-13-23)26(32)31(18-22-7-5-6-14-28-22)27-29-24-8-3-4-9-25(24)35-27/h3-14,19-20H,15-18H2,1-2H3. The van der Waals surface area contributed by atoms with E-state index >= 15 is 0 Å². The molecule has 5 rings (SSSR count). The molecule has 2 unspecified atom stereocenters. The zero-order valence-electron chi connectivity index (χ0n) is 20.2. The van der Waals surface area contributed by atoms with Gasteiger partial charge in [0, 0.05) is 24.8 Å². The molecule has 0 radical (unpaired) electrons. The van der Waals surface area contributed by atoms with Crippen LogP contribution < -0.4 is 4.90 Å². The van der Waals surface area contributed by atoms with Gasteiger partial charge in [0.1, 0.15) is 0 Å². The smallest absolute Gasteiger partial charge is 0.260 e. The number of carbonyl (C=O) groups is 1. The molecule has 7 nitrogen and oxygen atoms in total. The van der Waals surface area contributed by atoms with Gasteiger partial charge in [-0.1, -0.05) is 43.4 Å². The maximum absolute atomic E-state index is 13.7. The summed E-state index contributed by atoms with van der Waals surface area (Å²) >= 11 is 1.44. The van der Waals surface area contributed by atoms with Gasteiger partial charge in [0.2, 0.25) is 10.0 Å². The van der Waals surface area contributed by atoms with Crippen molar-refractivity contribution in [3.05, 3.63) is 84.2 Å². The number of anilines is 1. The van der Waals surface area contributed by atoms with Crippen LogP contribution in [0.15, 0.2) is 77.8 Å². The zero-order valence-corrected chi connectivity index (χ0v) is 21.9. The van der Waals surface area contributed by atoms with Crippen molar-refractivity contribution in [2.75, 3.05) is 18.0 Å². The van der Waals surface area contributed by atoms with Gasteiger partial charge in [0.05, 0.1) is 27.4 Å². The molecule has 186 valence electrons. The fraction of sp³-hybridized carbons (Fsp3) is 0.296. The highest BCUT2D eigenvalue weighted by Crippen LogP contribution is 2.31. The van der Waals surface area contributed by atoms with Gasteiger partial charge in [0.25, 0.3) is 5.91 Å². The Hall–Kier alpha value is -3.14. The minimum atomic E-state index is -3.62. The average molecular weight is 521 g/mol. The first-order valence-corrected chi connectivity index (χ1v) is 14.2. The Bertz CT molecular complexity index is 1430. The number of pyridine rings is 1. The van der Waals surface area contributed by atoms with E-state index in [-0.39, 0.29) is 17.3 Å². The van der Waals surface area contributed by atoms with Crippen LogP contribution in [-0.4, -0.2) is 41.7 Å². The Morgan fingerprint density at radius 3 is 2.36 bits per heavy atom. The van der Waals surface area contributed by atoms with E-state index in [1.165, 1.54) is 23.5 Å². The second-order valence-electron chi connectivity index (χ2n) is 9.47. The number of rotatable bonds is 6. The molecule has 2 atom stereocenters. The highest BCUT2D eigenvalue weighted by atomic mass is 32.2. The molecule has 1 aliphatic heterocycles. The van der Waals surface area contributed by atoms with E-state index in [1.54, 1.807) is 27.5 Å². The molecule has 3 heterocycles. The van der Waals surface area contributed by atoms with Crippen molar-refractivity contribution >= 4 is 42.6 Å². The molecule has 1 fully saturated rings. The Balaban J connectivity index is 1.44. The molecule has 1 amide bonds. The molecule has 9 heteroatoms. The van der Waals surface area contributed by atoms with Crippen LogP contribution in [0.25, 0.3) is 10.2 Å². The third-order valence-corrected chi connectivity index (χ3v) is 9.28. The second-order valence-corrected chi connectivity index (χ2v) is 12.4. The van der Waals surface area contributed by atoms with Crippen LogP contribution in [0, 0.1) is 11.8 Å². The number of thiazole rings is 1. The number of nitrogens with zero attached hydrogens (tertiary/aromatic N) is 4. The minimum Gasteiger partial charge on any atom is -0.278 e. The van der Waals surface area contributed by atoms with E-state index in [0.717, 1.165) is 22.3 Å². The van der Waals surface area contributed by atoms with Crippen LogP contribution in [0.1, 0.15) is 36.3 Å². The summed E-state index contributed by atoms with van der Waals surface area (Å²) in [7, 11) is -3.62. The molecular formula is C27H28N4O3S2. The Morgan fingerprint density at radius 1 is 1.00 bits per heavy atom. The quantitative estimate of drug-likeness (QED) is 0.349. The molecule has 4 aromatic rings. The van der Waals surface area contributed by atoms with Crippen molar-refractivity contribution < 1.29 is 13.2 Å². The molecule has 1 aliphatic rings. The van der Waals surface area contributed by atoms with E-state index in [1.807, 2.05) is 42.5 Å². The Kier molecular flexibility index (Phi) is 6.87. The lowest BCUT2D eigenvalue weighted by Crippen LogP contribution is -2.42. The molecule has 36 heavy (non-hydrogen) atoms. The number of fused-ring (bicyclic) bond motifs is 1. The van der Waals surface area contributed by atoms with E-state index in [4.69, 9.17) is 0 Å². The van der Waals surface area contributed by atoms with Crippen LogP contribution >= 0.6 is 11.3 Å².